The lowest BCUT2D eigenvalue weighted by molar-refractivity contribution is -0.154. The fourth-order valence-electron chi connectivity index (χ4n) is 1.24. The summed E-state index contributed by atoms with van der Waals surface area (Å²) in [6.45, 7) is 0.227. The van der Waals surface area contributed by atoms with E-state index in [0.29, 0.717) is 6.42 Å². The molecule has 5 nitrogen and oxygen atoms in total. The first kappa shape index (κ1) is 15.8. The lowest BCUT2D eigenvalue weighted by Crippen LogP contribution is -2.33. The second-order valence-corrected chi connectivity index (χ2v) is 3.83. The minimum absolute atomic E-state index is 0.113. The third-order valence-corrected chi connectivity index (χ3v) is 2.21. The monoisotopic (exact) mass is 287 g/mol. The molecule has 108 valence electrons. The van der Waals surface area contributed by atoms with E-state index in [4.69, 9.17) is 5.26 Å². The summed E-state index contributed by atoms with van der Waals surface area (Å²) >= 11 is 0. The van der Waals surface area contributed by atoms with Crippen molar-refractivity contribution in [2.75, 3.05) is 6.61 Å². The van der Waals surface area contributed by atoms with E-state index in [9.17, 15) is 18.0 Å². The van der Waals surface area contributed by atoms with Crippen LogP contribution < -0.4 is 10.1 Å². The third-order valence-electron chi connectivity index (χ3n) is 2.21. The Bertz CT molecular complexity index is 511. The molecule has 1 heterocycles. The average molecular weight is 287 g/mol. The van der Waals surface area contributed by atoms with Gasteiger partial charge in [0, 0.05) is 6.07 Å². The van der Waals surface area contributed by atoms with Gasteiger partial charge in [-0.3, -0.25) is 4.79 Å². The number of ether oxygens (including phenoxy) is 1. The van der Waals surface area contributed by atoms with E-state index in [2.05, 4.69) is 15.0 Å². The number of aromatic nitrogens is 1. The van der Waals surface area contributed by atoms with Crippen molar-refractivity contribution in [1.82, 2.24) is 10.3 Å². The molecular weight excluding hydrogens is 275 g/mol. The van der Waals surface area contributed by atoms with Gasteiger partial charge < -0.3 is 10.1 Å². The van der Waals surface area contributed by atoms with Crippen molar-refractivity contribution >= 4 is 5.91 Å². The van der Waals surface area contributed by atoms with Gasteiger partial charge in [0.2, 0.25) is 5.88 Å². The van der Waals surface area contributed by atoms with E-state index in [0.717, 1.165) is 0 Å². The molecule has 0 spiro atoms. The maximum absolute atomic E-state index is 12.0. The first-order valence-electron chi connectivity index (χ1n) is 5.72. The number of amides is 1. The van der Waals surface area contributed by atoms with Crippen molar-refractivity contribution in [3.05, 3.63) is 23.9 Å². The number of nitrogens with one attached hydrogen (secondary N) is 1. The number of rotatable bonds is 5. The highest BCUT2D eigenvalue weighted by Crippen LogP contribution is 2.17. The second-order valence-electron chi connectivity index (χ2n) is 3.83. The maximum Gasteiger partial charge on any atom is 0.422 e. The molecule has 0 saturated carbocycles. The zero-order valence-corrected chi connectivity index (χ0v) is 10.6. The van der Waals surface area contributed by atoms with Crippen LogP contribution in [0.5, 0.6) is 5.88 Å². The van der Waals surface area contributed by atoms with E-state index < -0.39 is 24.7 Å². The summed E-state index contributed by atoms with van der Waals surface area (Å²) in [7, 11) is 0. The summed E-state index contributed by atoms with van der Waals surface area (Å²) < 4.78 is 40.4. The molecule has 0 saturated heterocycles. The number of pyridine rings is 1. The van der Waals surface area contributed by atoms with E-state index in [-0.39, 0.29) is 11.6 Å². The predicted octanol–water partition coefficient (Wildman–Crippen LogP) is 2.05. The summed E-state index contributed by atoms with van der Waals surface area (Å²) in [5, 5.41) is 11.1. The molecule has 1 aromatic heterocycles. The van der Waals surface area contributed by atoms with Crippen LogP contribution in [0.4, 0.5) is 13.2 Å². The minimum atomic E-state index is -4.48. The summed E-state index contributed by atoms with van der Waals surface area (Å²) in [5.41, 5.74) is -0.113. The van der Waals surface area contributed by atoms with Crippen LogP contribution in [-0.2, 0) is 0 Å². The number of alkyl halides is 3. The molecule has 8 heteroatoms. The van der Waals surface area contributed by atoms with Crippen LogP contribution in [0.1, 0.15) is 23.8 Å². The summed E-state index contributed by atoms with van der Waals surface area (Å²) in [6.07, 6.45) is -4.07. The van der Waals surface area contributed by atoms with Gasteiger partial charge in [-0.15, -0.1) is 0 Å². The van der Waals surface area contributed by atoms with Crippen molar-refractivity contribution in [3.8, 4) is 11.9 Å². The van der Waals surface area contributed by atoms with Gasteiger partial charge in [0.15, 0.2) is 6.61 Å². The lowest BCUT2D eigenvalue weighted by atomic mass is 10.2. The third kappa shape index (κ3) is 5.14. The van der Waals surface area contributed by atoms with Crippen LogP contribution in [-0.4, -0.2) is 29.7 Å². The fourth-order valence-corrected chi connectivity index (χ4v) is 1.24. The van der Waals surface area contributed by atoms with E-state index in [1.165, 1.54) is 18.2 Å². The van der Waals surface area contributed by atoms with E-state index in [1.807, 2.05) is 6.07 Å². The highest BCUT2D eigenvalue weighted by atomic mass is 19.4. The Morgan fingerprint density at radius 3 is 2.80 bits per heavy atom. The first-order chi connectivity index (χ1) is 9.35. The molecule has 0 aromatic carbocycles. The maximum atomic E-state index is 12.0. The molecule has 1 rings (SSSR count). The molecule has 0 aliphatic heterocycles. The number of hydrogen-bond acceptors (Lipinski definition) is 4. The van der Waals surface area contributed by atoms with Crippen LogP contribution in [0.25, 0.3) is 0 Å². The first-order valence-corrected chi connectivity index (χ1v) is 5.72. The van der Waals surface area contributed by atoms with E-state index >= 15 is 0 Å². The van der Waals surface area contributed by atoms with E-state index in [1.54, 1.807) is 6.92 Å². The van der Waals surface area contributed by atoms with Gasteiger partial charge in [0.1, 0.15) is 11.7 Å². The number of nitrogens with zero attached hydrogens (tertiary/aromatic N) is 2. The molecule has 1 atom stereocenters. The van der Waals surface area contributed by atoms with Crippen LogP contribution in [0.2, 0.25) is 0 Å². The Kier molecular flexibility index (Phi) is 5.32. The molecule has 1 amide bonds. The lowest BCUT2D eigenvalue weighted by Gasteiger charge is -2.11. The topological polar surface area (TPSA) is 75.0 Å². The van der Waals surface area contributed by atoms with Gasteiger partial charge in [-0.25, -0.2) is 4.98 Å². The quantitative estimate of drug-likeness (QED) is 0.899. The molecule has 1 aromatic rings. The molecular formula is C12H12F3N3O2. The highest BCUT2D eigenvalue weighted by Gasteiger charge is 2.28. The zero-order chi connectivity index (χ0) is 15.2. The Morgan fingerprint density at radius 2 is 2.25 bits per heavy atom. The van der Waals surface area contributed by atoms with Crippen molar-refractivity contribution in [1.29, 1.82) is 5.26 Å². The minimum Gasteiger partial charge on any atom is -0.468 e. The number of carbonyl (C=O) groups excluding carboxylic acids is 1. The molecule has 0 radical (unpaired) electrons. The van der Waals surface area contributed by atoms with Crippen LogP contribution in [0.3, 0.4) is 0 Å². The van der Waals surface area contributed by atoms with Crippen LogP contribution in [0, 0.1) is 11.3 Å². The number of carbonyl (C=O) groups is 1. The van der Waals surface area contributed by atoms with Crippen molar-refractivity contribution < 1.29 is 22.7 Å². The highest BCUT2D eigenvalue weighted by molar-refractivity contribution is 5.92. The van der Waals surface area contributed by atoms with Gasteiger partial charge in [0.25, 0.3) is 5.91 Å². The molecule has 0 bridgehead atoms. The average Bonchev–Trinajstić information content (AvgIpc) is 2.42. The zero-order valence-electron chi connectivity index (χ0n) is 10.6. The Hall–Kier alpha value is -2.30. The largest absolute Gasteiger partial charge is 0.468 e. The Labute approximate surface area is 113 Å². The normalized spacial score (nSPS) is 12.3. The fraction of sp³-hybridized carbons (Fsp3) is 0.417. The van der Waals surface area contributed by atoms with Crippen molar-refractivity contribution in [2.24, 2.45) is 0 Å². The van der Waals surface area contributed by atoms with Gasteiger partial charge in [-0.1, -0.05) is 13.0 Å². The summed E-state index contributed by atoms with van der Waals surface area (Å²) in [4.78, 5) is 15.4. The van der Waals surface area contributed by atoms with Crippen molar-refractivity contribution in [3.63, 3.8) is 0 Å². The SMILES string of the molecule is CCC(C#N)NC(=O)c1cccc(OCC(F)(F)F)n1. The number of nitriles is 1. The molecule has 0 fully saturated rings. The molecule has 0 aliphatic carbocycles. The van der Waals surface area contributed by atoms with Gasteiger partial charge in [-0.05, 0) is 12.5 Å². The second kappa shape index (κ2) is 6.75. The van der Waals surface area contributed by atoms with Crippen LogP contribution in [0.15, 0.2) is 18.2 Å². The molecule has 0 aliphatic rings. The van der Waals surface area contributed by atoms with Gasteiger partial charge in [-0.2, -0.15) is 18.4 Å². The Balaban J connectivity index is 2.73. The van der Waals surface area contributed by atoms with Gasteiger partial charge >= 0.3 is 6.18 Å². The summed E-state index contributed by atoms with van der Waals surface area (Å²) in [5.74, 6) is -0.948. The Morgan fingerprint density at radius 1 is 1.55 bits per heavy atom. The standard InChI is InChI=1S/C12H12F3N3O2/c1-2-8(6-16)17-11(19)9-4-3-5-10(18-9)20-7-12(13,14)15/h3-5,8H,2,7H2,1H3,(H,17,19). The molecule has 1 N–H and O–H groups in total. The summed E-state index contributed by atoms with van der Waals surface area (Å²) in [6, 6.07) is 5.08. The van der Waals surface area contributed by atoms with Crippen LogP contribution >= 0.6 is 0 Å². The molecule has 20 heavy (non-hydrogen) atoms. The van der Waals surface area contributed by atoms with Crippen molar-refractivity contribution in [2.45, 2.75) is 25.6 Å². The molecule has 1 unspecified atom stereocenters. The predicted molar refractivity (Wildman–Crippen MR) is 62.9 cm³/mol. The number of halogens is 3. The smallest absolute Gasteiger partial charge is 0.422 e. The number of hydrogen-bond donors (Lipinski definition) is 1. The van der Waals surface area contributed by atoms with Gasteiger partial charge in [0.05, 0.1) is 6.07 Å².